The highest BCUT2D eigenvalue weighted by Crippen LogP contribution is 2.19. The molecule has 6 heteroatoms. The van der Waals surface area contributed by atoms with E-state index in [1.807, 2.05) is 30.3 Å². The number of imidazole rings is 1. The van der Waals surface area contributed by atoms with Crippen molar-refractivity contribution in [1.82, 2.24) is 14.9 Å². The van der Waals surface area contributed by atoms with E-state index in [-0.39, 0.29) is 12.5 Å². The molecule has 30 heavy (non-hydrogen) atoms. The van der Waals surface area contributed by atoms with Crippen LogP contribution in [0.1, 0.15) is 44.0 Å². The second-order valence-corrected chi connectivity index (χ2v) is 7.66. The van der Waals surface area contributed by atoms with Crippen molar-refractivity contribution in [2.45, 2.75) is 45.7 Å². The molecule has 0 unspecified atom stereocenters. The van der Waals surface area contributed by atoms with Crippen LogP contribution in [0.15, 0.2) is 48.5 Å². The summed E-state index contributed by atoms with van der Waals surface area (Å²) < 4.78 is 12.9. The number of benzene rings is 2. The van der Waals surface area contributed by atoms with Crippen molar-refractivity contribution in [3.63, 3.8) is 0 Å². The van der Waals surface area contributed by atoms with Crippen molar-refractivity contribution >= 4 is 16.9 Å². The number of unbranched alkanes of at least 4 members (excludes halogenated alkanes) is 1. The molecule has 0 saturated carbocycles. The van der Waals surface area contributed by atoms with Crippen LogP contribution in [0.25, 0.3) is 11.0 Å². The fraction of sp³-hybridized carbons (Fsp3) is 0.417. The molecule has 3 aromatic rings. The molecule has 0 radical (unpaired) electrons. The average Bonchev–Trinajstić information content (AvgIpc) is 3.10. The second-order valence-electron chi connectivity index (χ2n) is 7.66. The van der Waals surface area contributed by atoms with Crippen LogP contribution in [0.2, 0.25) is 0 Å². The first-order chi connectivity index (χ1) is 14.6. The summed E-state index contributed by atoms with van der Waals surface area (Å²) in [5, 5.41) is 2.86. The number of rotatable bonds is 11. The van der Waals surface area contributed by atoms with Crippen LogP contribution in [-0.4, -0.2) is 35.8 Å². The maximum atomic E-state index is 11.7. The summed E-state index contributed by atoms with van der Waals surface area (Å²) in [7, 11) is 1.51. The highest BCUT2D eigenvalue weighted by molar-refractivity contribution is 5.78. The molecule has 2 aromatic carbocycles. The van der Waals surface area contributed by atoms with Gasteiger partial charge < -0.3 is 19.4 Å². The predicted molar refractivity (Wildman–Crippen MR) is 119 cm³/mol. The summed E-state index contributed by atoms with van der Waals surface area (Å²) >= 11 is 0. The standard InChI is InChI=1S/C24H31N3O3/c1-18(2)19-10-12-20(13-11-19)30-15-7-6-14-27-22-9-5-4-8-21(22)26-23(27)16-25-24(28)17-29-3/h4-5,8-13,18H,6-7,14-17H2,1-3H3,(H,25,28). The summed E-state index contributed by atoms with van der Waals surface area (Å²) in [5.41, 5.74) is 3.34. The molecule has 160 valence electrons. The third kappa shape index (κ3) is 5.83. The summed E-state index contributed by atoms with van der Waals surface area (Å²) in [5.74, 6) is 2.14. The number of ether oxygens (including phenoxy) is 2. The zero-order valence-electron chi connectivity index (χ0n) is 18.1. The van der Waals surface area contributed by atoms with Gasteiger partial charge in [-0.25, -0.2) is 4.98 Å². The normalized spacial score (nSPS) is 11.2. The van der Waals surface area contributed by atoms with Gasteiger partial charge in [-0.15, -0.1) is 0 Å². The number of hydrogen-bond acceptors (Lipinski definition) is 4. The van der Waals surface area contributed by atoms with E-state index in [0.717, 1.165) is 42.0 Å². The Balaban J connectivity index is 1.54. The molecule has 0 aliphatic heterocycles. The Morgan fingerprint density at radius 1 is 1.10 bits per heavy atom. The molecule has 0 aliphatic rings. The fourth-order valence-electron chi connectivity index (χ4n) is 3.38. The van der Waals surface area contributed by atoms with Crippen LogP contribution in [0.3, 0.4) is 0 Å². The number of fused-ring (bicyclic) bond motifs is 1. The summed E-state index contributed by atoms with van der Waals surface area (Å²) in [6, 6.07) is 16.4. The number of methoxy groups -OCH3 is 1. The molecule has 0 saturated heterocycles. The monoisotopic (exact) mass is 409 g/mol. The zero-order valence-corrected chi connectivity index (χ0v) is 18.1. The van der Waals surface area contributed by atoms with Gasteiger partial charge >= 0.3 is 0 Å². The Kier molecular flexibility index (Phi) is 7.85. The first kappa shape index (κ1) is 21.8. The summed E-state index contributed by atoms with van der Waals surface area (Å²) in [4.78, 5) is 16.4. The maximum absolute atomic E-state index is 11.7. The number of aryl methyl sites for hydroxylation is 1. The Morgan fingerprint density at radius 3 is 2.60 bits per heavy atom. The number of nitrogens with one attached hydrogen (secondary N) is 1. The zero-order chi connectivity index (χ0) is 21.3. The molecule has 0 spiro atoms. The lowest BCUT2D eigenvalue weighted by Gasteiger charge is -2.11. The van der Waals surface area contributed by atoms with Gasteiger partial charge in [-0.2, -0.15) is 0 Å². The van der Waals surface area contributed by atoms with E-state index in [0.29, 0.717) is 19.1 Å². The van der Waals surface area contributed by atoms with Gasteiger partial charge in [-0.1, -0.05) is 38.1 Å². The summed E-state index contributed by atoms with van der Waals surface area (Å²) in [6.45, 7) is 6.31. The molecular formula is C24H31N3O3. The van der Waals surface area contributed by atoms with Gasteiger partial charge in [0, 0.05) is 13.7 Å². The van der Waals surface area contributed by atoms with Crippen molar-refractivity contribution in [3.8, 4) is 5.75 Å². The lowest BCUT2D eigenvalue weighted by Crippen LogP contribution is -2.28. The van der Waals surface area contributed by atoms with E-state index >= 15 is 0 Å². The summed E-state index contributed by atoms with van der Waals surface area (Å²) in [6.07, 6.45) is 1.90. The third-order valence-electron chi connectivity index (χ3n) is 5.04. The van der Waals surface area contributed by atoms with Crippen LogP contribution >= 0.6 is 0 Å². The fourth-order valence-corrected chi connectivity index (χ4v) is 3.38. The SMILES string of the molecule is COCC(=O)NCc1nc2ccccc2n1CCCCOc1ccc(C(C)C)cc1. The van der Waals surface area contributed by atoms with Crippen molar-refractivity contribution in [3.05, 3.63) is 59.9 Å². The van der Waals surface area contributed by atoms with Crippen LogP contribution in [-0.2, 0) is 22.6 Å². The van der Waals surface area contributed by atoms with Crippen LogP contribution in [0.4, 0.5) is 0 Å². The minimum Gasteiger partial charge on any atom is -0.494 e. The van der Waals surface area contributed by atoms with Crippen LogP contribution in [0.5, 0.6) is 5.75 Å². The van der Waals surface area contributed by atoms with Crippen LogP contribution < -0.4 is 10.1 Å². The molecule has 6 nitrogen and oxygen atoms in total. The number of hydrogen-bond donors (Lipinski definition) is 1. The largest absolute Gasteiger partial charge is 0.494 e. The van der Waals surface area contributed by atoms with Gasteiger partial charge in [0.15, 0.2) is 0 Å². The predicted octanol–water partition coefficient (Wildman–Crippen LogP) is 4.28. The minimum atomic E-state index is -0.145. The molecule has 0 bridgehead atoms. The molecule has 0 aliphatic carbocycles. The van der Waals surface area contributed by atoms with Gasteiger partial charge in [0.25, 0.3) is 0 Å². The maximum Gasteiger partial charge on any atom is 0.246 e. The van der Waals surface area contributed by atoms with Gasteiger partial charge in [-0.05, 0) is 48.6 Å². The van der Waals surface area contributed by atoms with E-state index in [4.69, 9.17) is 9.47 Å². The highest BCUT2D eigenvalue weighted by Gasteiger charge is 2.11. The Bertz CT molecular complexity index is 948. The minimum absolute atomic E-state index is 0.0513. The number of aromatic nitrogens is 2. The van der Waals surface area contributed by atoms with E-state index < -0.39 is 0 Å². The third-order valence-corrected chi connectivity index (χ3v) is 5.04. The van der Waals surface area contributed by atoms with Gasteiger partial charge in [0.1, 0.15) is 18.2 Å². The van der Waals surface area contributed by atoms with E-state index in [9.17, 15) is 4.79 Å². The van der Waals surface area contributed by atoms with Crippen molar-refractivity contribution in [2.75, 3.05) is 20.3 Å². The lowest BCUT2D eigenvalue weighted by molar-refractivity contribution is -0.124. The molecule has 1 aromatic heterocycles. The average molecular weight is 410 g/mol. The molecular weight excluding hydrogens is 378 g/mol. The van der Waals surface area contributed by atoms with E-state index in [1.54, 1.807) is 0 Å². The molecule has 1 N–H and O–H groups in total. The van der Waals surface area contributed by atoms with Crippen molar-refractivity contribution < 1.29 is 14.3 Å². The molecule has 3 rings (SSSR count). The van der Waals surface area contributed by atoms with Gasteiger partial charge in [-0.3, -0.25) is 4.79 Å². The smallest absolute Gasteiger partial charge is 0.246 e. The van der Waals surface area contributed by atoms with Crippen molar-refractivity contribution in [2.24, 2.45) is 0 Å². The van der Waals surface area contributed by atoms with Crippen LogP contribution in [0, 0.1) is 0 Å². The first-order valence-electron chi connectivity index (χ1n) is 10.5. The Hall–Kier alpha value is -2.86. The number of carbonyl (C=O) groups is 1. The number of nitrogens with zero attached hydrogens (tertiary/aromatic N) is 2. The molecule has 1 heterocycles. The Morgan fingerprint density at radius 2 is 1.87 bits per heavy atom. The van der Waals surface area contributed by atoms with Crippen molar-refractivity contribution in [1.29, 1.82) is 0 Å². The second kappa shape index (κ2) is 10.8. The molecule has 0 fully saturated rings. The topological polar surface area (TPSA) is 65.4 Å². The van der Waals surface area contributed by atoms with E-state index in [1.165, 1.54) is 12.7 Å². The number of carbonyl (C=O) groups excluding carboxylic acids is 1. The Labute approximate surface area is 178 Å². The first-order valence-corrected chi connectivity index (χ1v) is 10.5. The van der Waals surface area contributed by atoms with Gasteiger partial charge in [0.2, 0.25) is 5.91 Å². The quantitative estimate of drug-likeness (QED) is 0.480. The number of amides is 1. The lowest BCUT2D eigenvalue weighted by atomic mass is 10.0. The van der Waals surface area contributed by atoms with Gasteiger partial charge in [0.05, 0.1) is 24.2 Å². The number of para-hydroxylation sites is 2. The van der Waals surface area contributed by atoms with E-state index in [2.05, 4.69) is 46.9 Å². The molecule has 1 amide bonds. The molecule has 0 atom stereocenters. The highest BCUT2D eigenvalue weighted by atomic mass is 16.5.